The number of rotatable bonds is 7. The van der Waals surface area contributed by atoms with Crippen LogP contribution >= 0.6 is 0 Å². The molecule has 3 unspecified atom stereocenters. The van der Waals surface area contributed by atoms with Crippen LogP contribution in [0.1, 0.15) is 29.5 Å². The van der Waals surface area contributed by atoms with E-state index in [-0.39, 0.29) is 13.0 Å². The lowest BCUT2D eigenvalue weighted by Crippen LogP contribution is -2.40. The number of benzene rings is 2. The Morgan fingerprint density at radius 1 is 1.13 bits per heavy atom. The number of aliphatic hydroxyl groups is 2. The third-order valence-corrected chi connectivity index (χ3v) is 4.80. The van der Waals surface area contributed by atoms with Crippen molar-refractivity contribution in [3.8, 4) is 23.3 Å². The number of ether oxygens (including phenoxy) is 4. The second-order valence-electron chi connectivity index (χ2n) is 6.93. The van der Waals surface area contributed by atoms with Gasteiger partial charge in [-0.25, -0.2) is 0 Å². The van der Waals surface area contributed by atoms with Gasteiger partial charge in [-0.05, 0) is 23.8 Å². The molecule has 0 spiro atoms. The van der Waals surface area contributed by atoms with Gasteiger partial charge in [0.1, 0.15) is 5.75 Å². The maximum Gasteiger partial charge on any atom is 0.202 e. The summed E-state index contributed by atoms with van der Waals surface area (Å²) in [6.45, 7) is -0.192. The van der Waals surface area contributed by atoms with Crippen molar-refractivity contribution in [2.45, 2.75) is 31.3 Å². The van der Waals surface area contributed by atoms with Crippen LogP contribution in [-0.4, -0.2) is 49.5 Å². The summed E-state index contributed by atoms with van der Waals surface area (Å²) in [4.78, 5) is 0. The lowest BCUT2D eigenvalue weighted by atomic mass is 10.1. The van der Waals surface area contributed by atoms with E-state index in [0.717, 1.165) is 5.56 Å². The Kier molecular flexibility index (Phi) is 7.31. The average molecular weight is 411 g/mol. The molecule has 30 heavy (non-hydrogen) atoms. The van der Waals surface area contributed by atoms with Gasteiger partial charge in [0, 0.05) is 24.5 Å². The predicted molar refractivity (Wildman–Crippen MR) is 111 cm³/mol. The molecule has 3 rings (SSSR count). The van der Waals surface area contributed by atoms with Gasteiger partial charge in [-0.1, -0.05) is 24.3 Å². The van der Waals surface area contributed by atoms with Gasteiger partial charge in [-0.2, -0.15) is 5.26 Å². The van der Waals surface area contributed by atoms with E-state index in [4.69, 9.17) is 24.2 Å². The summed E-state index contributed by atoms with van der Waals surface area (Å²) in [5.74, 6) is 1.49. The zero-order valence-corrected chi connectivity index (χ0v) is 16.9. The van der Waals surface area contributed by atoms with Crippen LogP contribution in [0.15, 0.2) is 36.4 Å². The largest absolute Gasteiger partial charge is 0.497 e. The first-order valence-corrected chi connectivity index (χ1v) is 9.61. The molecule has 2 aromatic rings. The van der Waals surface area contributed by atoms with E-state index in [9.17, 15) is 10.2 Å². The standard InChI is InChI=1S/C23H25NO6/c1-27-19-9-17(8-7-15-3-5-16(13-24)6-4-15)23(21(12-19)28-2)30-22-11-18(26)10-20(14-25)29-22/h3-9,12,18,20,22,25-26H,10-11,14H2,1-2H3/b8-7+. The molecular weight excluding hydrogens is 386 g/mol. The van der Waals surface area contributed by atoms with Gasteiger partial charge in [0.25, 0.3) is 0 Å². The molecule has 2 N–H and O–H groups in total. The second kappa shape index (κ2) is 10.1. The molecule has 1 heterocycles. The van der Waals surface area contributed by atoms with Crippen LogP contribution in [0, 0.1) is 11.3 Å². The van der Waals surface area contributed by atoms with Gasteiger partial charge in [-0.15, -0.1) is 0 Å². The Balaban J connectivity index is 1.92. The molecular formula is C23H25NO6. The Morgan fingerprint density at radius 3 is 2.53 bits per heavy atom. The van der Waals surface area contributed by atoms with Crippen molar-refractivity contribution in [2.24, 2.45) is 0 Å². The van der Waals surface area contributed by atoms with Crippen molar-refractivity contribution in [1.82, 2.24) is 0 Å². The summed E-state index contributed by atoms with van der Waals surface area (Å²) in [5, 5.41) is 28.4. The lowest BCUT2D eigenvalue weighted by molar-refractivity contribution is -0.185. The zero-order valence-electron chi connectivity index (χ0n) is 16.9. The van der Waals surface area contributed by atoms with Crippen LogP contribution in [-0.2, 0) is 4.74 Å². The summed E-state index contributed by atoms with van der Waals surface area (Å²) >= 11 is 0. The number of hydrogen-bond acceptors (Lipinski definition) is 7. The molecule has 0 aliphatic carbocycles. The Hall–Kier alpha value is -3.05. The van der Waals surface area contributed by atoms with Crippen LogP contribution in [0.4, 0.5) is 0 Å². The fourth-order valence-electron chi connectivity index (χ4n) is 3.24. The molecule has 158 valence electrons. The van der Waals surface area contributed by atoms with Gasteiger partial charge in [0.2, 0.25) is 6.29 Å². The molecule has 1 saturated heterocycles. The van der Waals surface area contributed by atoms with E-state index < -0.39 is 18.5 Å². The van der Waals surface area contributed by atoms with Crippen molar-refractivity contribution < 1.29 is 29.2 Å². The fraction of sp³-hybridized carbons (Fsp3) is 0.348. The highest BCUT2D eigenvalue weighted by atomic mass is 16.7. The van der Waals surface area contributed by atoms with E-state index in [1.54, 1.807) is 31.4 Å². The summed E-state index contributed by atoms with van der Waals surface area (Å²) < 4.78 is 22.7. The van der Waals surface area contributed by atoms with Crippen LogP contribution in [0.3, 0.4) is 0 Å². The van der Waals surface area contributed by atoms with Crippen LogP contribution in [0.25, 0.3) is 12.2 Å². The molecule has 0 aromatic heterocycles. The lowest BCUT2D eigenvalue weighted by Gasteiger charge is -2.32. The number of methoxy groups -OCH3 is 2. The fourth-order valence-corrected chi connectivity index (χ4v) is 3.24. The Labute approximate surface area is 175 Å². The van der Waals surface area contributed by atoms with E-state index in [1.807, 2.05) is 24.3 Å². The highest BCUT2D eigenvalue weighted by molar-refractivity contribution is 5.75. The quantitative estimate of drug-likeness (QED) is 0.676. The Morgan fingerprint density at radius 2 is 1.90 bits per heavy atom. The summed E-state index contributed by atoms with van der Waals surface area (Å²) in [6, 6.07) is 12.8. The van der Waals surface area contributed by atoms with Crippen molar-refractivity contribution in [3.05, 3.63) is 53.1 Å². The van der Waals surface area contributed by atoms with Crippen molar-refractivity contribution >= 4 is 12.2 Å². The molecule has 1 aliphatic heterocycles. The highest BCUT2D eigenvalue weighted by Crippen LogP contribution is 2.39. The van der Waals surface area contributed by atoms with Gasteiger partial charge < -0.3 is 29.2 Å². The van der Waals surface area contributed by atoms with Crippen molar-refractivity contribution in [1.29, 1.82) is 5.26 Å². The summed E-state index contributed by atoms with van der Waals surface area (Å²) in [6.07, 6.45) is 2.55. The van der Waals surface area contributed by atoms with Crippen LogP contribution in [0.2, 0.25) is 0 Å². The normalized spacial score (nSPS) is 21.2. The molecule has 3 atom stereocenters. The number of nitrogens with zero attached hydrogens (tertiary/aromatic N) is 1. The van der Waals surface area contributed by atoms with E-state index in [2.05, 4.69) is 6.07 Å². The molecule has 1 aliphatic rings. The summed E-state index contributed by atoms with van der Waals surface area (Å²) in [5.41, 5.74) is 2.19. The minimum absolute atomic E-state index is 0.192. The molecule has 0 saturated carbocycles. The minimum atomic E-state index is -0.727. The maximum absolute atomic E-state index is 10.1. The first kappa shape index (κ1) is 21.7. The topological polar surface area (TPSA) is 101 Å². The molecule has 2 aromatic carbocycles. The SMILES string of the molecule is COc1cc(/C=C/c2ccc(C#N)cc2)c(OC2CC(O)CC(CO)O2)c(OC)c1. The van der Waals surface area contributed by atoms with Gasteiger partial charge >= 0.3 is 0 Å². The molecule has 7 heteroatoms. The average Bonchev–Trinajstić information content (AvgIpc) is 2.78. The van der Waals surface area contributed by atoms with E-state index in [1.165, 1.54) is 7.11 Å². The molecule has 0 bridgehead atoms. The first-order valence-electron chi connectivity index (χ1n) is 9.61. The monoisotopic (exact) mass is 411 g/mol. The van der Waals surface area contributed by atoms with E-state index >= 15 is 0 Å². The van der Waals surface area contributed by atoms with Gasteiger partial charge in [0.05, 0.1) is 44.7 Å². The molecule has 0 amide bonds. The molecule has 1 fully saturated rings. The molecule has 0 radical (unpaired) electrons. The van der Waals surface area contributed by atoms with Gasteiger partial charge in [0.15, 0.2) is 11.5 Å². The maximum atomic E-state index is 10.1. The zero-order chi connectivity index (χ0) is 21.5. The third kappa shape index (κ3) is 5.30. The van der Waals surface area contributed by atoms with Crippen LogP contribution in [0.5, 0.6) is 17.2 Å². The third-order valence-electron chi connectivity index (χ3n) is 4.80. The van der Waals surface area contributed by atoms with Crippen molar-refractivity contribution in [3.63, 3.8) is 0 Å². The number of hydrogen-bond donors (Lipinski definition) is 2. The molecule has 7 nitrogen and oxygen atoms in total. The highest BCUT2D eigenvalue weighted by Gasteiger charge is 2.30. The number of aliphatic hydroxyl groups excluding tert-OH is 2. The second-order valence-corrected chi connectivity index (χ2v) is 6.93. The van der Waals surface area contributed by atoms with Crippen LogP contribution < -0.4 is 14.2 Å². The predicted octanol–water partition coefficient (Wildman–Crippen LogP) is 2.98. The minimum Gasteiger partial charge on any atom is -0.497 e. The van der Waals surface area contributed by atoms with Crippen molar-refractivity contribution in [2.75, 3.05) is 20.8 Å². The van der Waals surface area contributed by atoms with Gasteiger partial charge in [-0.3, -0.25) is 0 Å². The smallest absolute Gasteiger partial charge is 0.202 e. The number of nitriles is 1. The van der Waals surface area contributed by atoms with E-state index in [0.29, 0.717) is 34.8 Å². The first-order chi connectivity index (χ1) is 14.6. The summed E-state index contributed by atoms with van der Waals surface area (Å²) in [7, 11) is 3.10. The Bertz CT molecular complexity index is 919.